The number of hydrogen-bond acceptors (Lipinski definition) is 2. The van der Waals surface area contributed by atoms with E-state index in [-0.39, 0.29) is 0 Å². The van der Waals surface area contributed by atoms with Crippen LogP contribution in [0.4, 0.5) is 0 Å². The fraction of sp³-hybridized carbons (Fsp3) is 0.286. The summed E-state index contributed by atoms with van der Waals surface area (Å²) in [7, 11) is 0. The van der Waals surface area contributed by atoms with Crippen LogP contribution in [0.3, 0.4) is 0 Å². The SMILES string of the molecule is Cc1[c]n2c(C)csc2n1. The molecule has 10 heavy (non-hydrogen) atoms. The lowest BCUT2D eigenvalue weighted by Crippen LogP contribution is -1.78. The van der Waals surface area contributed by atoms with Crippen molar-refractivity contribution in [3.8, 4) is 0 Å². The number of fused-ring (bicyclic) bond motifs is 1. The molecule has 2 rings (SSSR count). The zero-order valence-electron chi connectivity index (χ0n) is 5.88. The van der Waals surface area contributed by atoms with Crippen molar-refractivity contribution in [3.05, 3.63) is 23.0 Å². The highest BCUT2D eigenvalue weighted by atomic mass is 32.1. The van der Waals surface area contributed by atoms with Gasteiger partial charge in [0.05, 0.1) is 11.9 Å². The molecule has 2 aromatic rings. The number of aromatic nitrogens is 2. The summed E-state index contributed by atoms with van der Waals surface area (Å²) in [5.41, 5.74) is 2.18. The van der Waals surface area contributed by atoms with Gasteiger partial charge in [0.2, 0.25) is 0 Å². The molecule has 0 saturated carbocycles. The van der Waals surface area contributed by atoms with Crippen molar-refractivity contribution in [2.75, 3.05) is 0 Å². The van der Waals surface area contributed by atoms with Gasteiger partial charge in [-0.3, -0.25) is 4.40 Å². The number of rotatable bonds is 0. The minimum atomic E-state index is 0.968. The lowest BCUT2D eigenvalue weighted by Gasteiger charge is -1.81. The standard InChI is InChI=1S/C7H7N2S/c1-5-3-9-6(2)4-10-7(9)8-5/h4H,1-2H3. The Hall–Kier alpha value is -0.830. The second-order valence-corrected chi connectivity index (χ2v) is 3.14. The lowest BCUT2D eigenvalue weighted by atomic mass is 10.5. The van der Waals surface area contributed by atoms with Gasteiger partial charge in [-0.05, 0) is 13.8 Å². The summed E-state index contributed by atoms with van der Waals surface area (Å²) in [4.78, 5) is 5.30. The molecule has 0 fully saturated rings. The molecule has 2 nitrogen and oxygen atoms in total. The number of hydrogen-bond donors (Lipinski definition) is 0. The highest BCUT2D eigenvalue weighted by molar-refractivity contribution is 7.15. The van der Waals surface area contributed by atoms with Crippen LogP contribution in [-0.4, -0.2) is 9.38 Å². The van der Waals surface area contributed by atoms with Crippen LogP contribution in [0.25, 0.3) is 4.96 Å². The molecule has 0 saturated heterocycles. The van der Waals surface area contributed by atoms with Gasteiger partial charge < -0.3 is 0 Å². The van der Waals surface area contributed by atoms with E-state index in [0.717, 1.165) is 10.7 Å². The molecule has 1 radical (unpaired) electrons. The Morgan fingerprint density at radius 3 is 3.10 bits per heavy atom. The minimum Gasteiger partial charge on any atom is -0.286 e. The average Bonchev–Trinajstić information content (AvgIpc) is 2.35. The van der Waals surface area contributed by atoms with Crippen molar-refractivity contribution in [3.63, 3.8) is 0 Å². The summed E-state index contributed by atoms with van der Waals surface area (Å²) in [5, 5.41) is 2.08. The molecule has 0 aliphatic carbocycles. The van der Waals surface area contributed by atoms with Crippen LogP contribution in [-0.2, 0) is 0 Å². The predicted molar refractivity (Wildman–Crippen MR) is 41.4 cm³/mol. The number of thiazole rings is 1. The third-order valence-electron chi connectivity index (χ3n) is 1.42. The molecule has 0 unspecified atom stereocenters. The van der Waals surface area contributed by atoms with Crippen LogP contribution < -0.4 is 0 Å². The van der Waals surface area contributed by atoms with Crippen LogP contribution in [0.2, 0.25) is 0 Å². The average molecular weight is 151 g/mol. The fourth-order valence-electron chi connectivity index (χ4n) is 0.937. The Kier molecular flexibility index (Phi) is 1.08. The van der Waals surface area contributed by atoms with E-state index in [1.807, 2.05) is 11.3 Å². The maximum Gasteiger partial charge on any atom is 0.194 e. The van der Waals surface area contributed by atoms with E-state index in [1.54, 1.807) is 11.3 Å². The van der Waals surface area contributed by atoms with Crippen LogP contribution in [0.5, 0.6) is 0 Å². The van der Waals surface area contributed by atoms with Gasteiger partial charge in [0.15, 0.2) is 4.96 Å². The van der Waals surface area contributed by atoms with Gasteiger partial charge in [-0.1, -0.05) is 0 Å². The van der Waals surface area contributed by atoms with Crippen molar-refractivity contribution in [1.29, 1.82) is 0 Å². The predicted octanol–water partition coefficient (Wildman–Crippen LogP) is 1.81. The number of aryl methyl sites for hydroxylation is 2. The van der Waals surface area contributed by atoms with E-state index in [9.17, 15) is 0 Å². The lowest BCUT2D eigenvalue weighted by molar-refractivity contribution is 1.12. The van der Waals surface area contributed by atoms with Gasteiger partial charge in [0.1, 0.15) is 0 Å². The Labute approximate surface area is 63.1 Å². The van der Waals surface area contributed by atoms with Gasteiger partial charge in [0.25, 0.3) is 0 Å². The highest BCUT2D eigenvalue weighted by Crippen LogP contribution is 2.14. The molecule has 0 aliphatic heterocycles. The molecular weight excluding hydrogens is 144 g/mol. The zero-order chi connectivity index (χ0) is 7.14. The van der Waals surface area contributed by atoms with Crippen molar-refractivity contribution >= 4 is 16.3 Å². The van der Waals surface area contributed by atoms with E-state index in [1.165, 1.54) is 5.69 Å². The summed E-state index contributed by atoms with van der Waals surface area (Å²) in [6.45, 7) is 4.01. The molecular formula is C7H7N2S. The van der Waals surface area contributed by atoms with Gasteiger partial charge in [-0.2, -0.15) is 0 Å². The zero-order valence-corrected chi connectivity index (χ0v) is 6.70. The quantitative estimate of drug-likeness (QED) is 0.561. The Morgan fingerprint density at radius 2 is 2.40 bits per heavy atom. The van der Waals surface area contributed by atoms with E-state index < -0.39 is 0 Å². The van der Waals surface area contributed by atoms with Crippen LogP contribution in [0.1, 0.15) is 11.4 Å². The van der Waals surface area contributed by atoms with E-state index >= 15 is 0 Å². The molecule has 0 aliphatic rings. The third-order valence-corrected chi connectivity index (χ3v) is 2.36. The first-order chi connectivity index (χ1) is 4.77. The van der Waals surface area contributed by atoms with Crippen molar-refractivity contribution in [2.24, 2.45) is 0 Å². The smallest absolute Gasteiger partial charge is 0.194 e. The van der Waals surface area contributed by atoms with Crippen LogP contribution in [0, 0.1) is 20.0 Å². The molecule has 51 valence electrons. The molecule has 0 aromatic carbocycles. The van der Waals surface area contributed by atoms with Crippen LogP contribution >= 0.6 is 11.3 Å². The molecule has 0 atom stereocenters. The second kappa shape index (κ2) is 1.83. The Balaban J connectivity index is 2.90. The van der Waals surface area contributed by atoms with Gasteiger partial charge in [-0.25, -0.2) is 4.98 Å². The van der Waals surface area contributed by atoms with Crippen LogP contribution in [0.15, 0.2) is 5.38 Å². The molecule has 0 bridgehead atoms. The molecule has 2 heterocycles. The van der Waals surface area contributed by atoms with E-state index in [2.05, 4.69) is 23.5 Å². The molecule has 0 spiro atoms. The van der Waals surface area contributed by atoms with Crippen molar-refractivity contribution in [2.45, 2.75) is 13.8 Å². The maximum absolute atomic E-state index is 4.26. The fourth-order valence-corrected chi connectivity index (χ4v) is 1.80. The summed E-state index contributed by atoms with van der Waals surface area (Å²) >= 11 is 1.66. The highest BCUT2D eigenvalue weighted by Gasteiger charge is 2.00. The summed E-state index contributed by atoms with van der Waals surface area (Å²) in [5.74, 6) is 0. The van der Waals surface area contributed by atoms with Gasteiger partial charge in [-0.15, -0.1) is 11.3 Å². The Bertz CT molecular complexity index is 358. The summed E-state index contributed by atoms with van der Waals surface area (Å²) in [6.07, 6.45) is 3.12. The van der Waals surface area contributed by atoms with Gasteiger partial charge >= 0.3 is 0 Å². The number of imidazole rings is 1. The van der Waals surface area contributed by atoms with E-state index in [4.69, 9.17) is 0 Å². The van der Waals surface area contributed by atoms with E-state index in [0.29, 0.717) is 0 Å². The summed E-state index contributed by atoms with van der Waals surface area (Å²) < 4.78 is 1.99. The molecule has 2 aromatic heterocycles. The molecule has 0 amide bonds. The molecule has 3 heteroatoms. The minimum absolute atomic E-state index is 0.968. The summed E-state index contributed by atoms with van der Waals surface area (Å²) in [6, 6.07) is 0. The van der Waals surface area contributed by atoms with Gasteiger partial charge in [0, 0.05) is 11.1 Å². The number of nitrogens with zero attached hydrogens (tertiary/aromatic N) is 2. The first kappa shape index (κ1) is 5.92. The first-order valence-electron chi connectivity index (χ1n) is 3.10. The van der Waals surface area contributed by atoms with Crippen molar-refractivity contribution in [1.82, 2.24) is 9.38 Å². The molecule has 0 N–H and O–H groups in total. The third kappa shape index (κ3) is 0.671. The second-order valence-electron chi connectivity index (χ2n) is 2.30. The Morgan fingerprint density at radius 1 is 1.60 bits per heavy atom. The largest absolute Gasteiger partial charge is 0.286 e. The monoisotopic (exact) mass is 151 g/mol. The topological polar surface area (TPSA) is 17.3 Å². The first-order valence-corrected chi connectivity index (χ1v) is 3.98. The van der Waals surface area contributed by atoms with Crippen molar-refractivity contribution < 1.29 is 0 Å². The normalized spacial score (nSPS) is 11.0. The maximum atomic E-state index is 4.26.